The first-order chi connectivity index (χ1) is 8.68. The zero-order valence-corrected chi connectivity index (χ0v) is 9.97. The van der Waals surface area contributed by atoms with Gasteiger partial charge in [0.25, 0.3) is 0 Å². The lowest BCUT2D eigenvalue weighted by atomic mass is 10.0. The fourth-order valence-electron chi connectivity index (χ4n) is 1.89. The molecule has 4 heteroatoms. The largest absolute Gasteiger partial charge is 0.382 e. The summed E-state index contributed by atoms with van der Waals surface area (Å²) in [6.07, 6.45) is -1.14. The molecule has 1 unspecified atom stereocenters. The number of carbonyl (C=O) groups excluding carboxylic acids is 1. The Morgan fingerprint density at radius 2 is 1.94 bits per heavy atom. The molecule has 0 heterocycles. The van der Waals surface area contributed by atoms with E-state index in [0.29, 0.717) is 6.54 Å². The number of carbonyl (C=O) groups is 1. The molecule has 4 N–H and O–H groups in total. The highest BCUT2D eigenvalue weighted by molar-refractivity contribution is 5.85. The van der Waals surface area contributed by atoms with Crippen LogP contribution in [0.5, 0.6) is 0 Å². The predicted octanol–water partition coefficient (Wildman–Crippen LogP) is 0.776. The number of rotatable bonds is 5. The van der Waals surface area contributed by atoms with Gasteiger partial charge in [0.2, 0.25) is 5.91 Å². The third-order valence-electron chi connectivity index (χ3n) is 2.86. The second-order valence-corrected chi connectivity index (χ2v) is 4.19. The molecule has 0 spiro atoms. The van der Waals surface area contributed by atoms with Crippen LogP contribution < -0.4 is 11.1 Å². The predicted molar refractivity (Wildman–Crippen MR) is 70.9 cm³/mol. The van der Waals surface area contributed by atoms with Crippen molar-refractivity contribution >= 4 is 16.7 Å². The van der Waals surface area contributed by atoms with Crippen molar-refractivity contribution in [1.29, 1.82) is 0 Å². The van der Waals surface area contributed by atoms with E-state index in [1.165, 1.54) is 10.8 Å². The summed E-state index contributed by atoms with van der Waals surface area (Å²) in [5.41, 5.74) is 6.11. The molecule has 0 aliphatic carbocycles. The number of amides is 1. The Morgan fingerprint density at radius 3 is 2.72 bits per heavy atom. The lowest BCUT2D eigenvalue weighted by molar-refractivity contribution is -0.125. The summed E-state index contributed by atoms with van der Waals surface area (Å²) in [5, 5.41) is 14.6. The smallest absolute Gasteiger partial charge is 0.247 e. The van der Waals surface area contributed by atoms with Crippen LogP contribution in [0.25, 0.3) is 10.8 Å². The molecule has 0 saturated heterocycles. The van der Waals surface area contributed by atoms with Gasteiger partial charge in [0.1, 0.15) is 6.10 Å². The van der Waals surface area contributed by atoms with Gasteiger partial charge in [-0.25, -0.2) is 0 Å². The molecule has 0 aliphatic heterocycles. The Kier molecular flexibility index (Phi) is 3.92. The Morgan fingerprint density at radius 1 is 1.22 bits per heavy atom. The van der Waals surface area contributed by atoms with E-state index in [0.717, 1.165) is 5.56 Å². The fraction of sp³-hybridized carbons (Fsp3) is 0.214. The first kappa shape index (κ1) is 12.5. The normalized spacial score (nSPS) is 12.5. The van der Waals surface area contributed by atoms with Gasteiger partial charge in [-0.05, 0) is 16.3 Å². The number of hydrogen-bond acceptors (Lipinski definition) is 3. The topological polar surface area (TPSA) is 75.4 Å². The van der Waals surface area contributed by atoms with E-state index in [2.05, 4.69) is 23.5 Å². The van der Waals surface area contributed by atoms with Crippen LogP contribution in [0.3, 0.4) is 0 Å². The Labute approximate surface area is 105 Å². The molecule has 0 radical (unpaired) electrons. The highest BCUT2D eigenvalue weighted by Gasteiger charge is 2.09. The van der Waals surface area contributed by atoms with Crippen molar-refractivity contribution in [2.24, 2.45) is 5.73 Å². The molecular weight excluding hydrogens is 228 g/mol. The van der Waals surface area contributed by atoms with Crippen molar-refractivity contribution in [3.8, 4) is 0 Å². The van der Waals surface area contributed by atoms with Gasteiger partial charge >= 0.3 is 0 Å². The van der Waals surface area contributed by atoms with E-state index in [1.54, 1.807) is 0 Å². The number of aliphatic hydroxyl groups is 1. The number of benzene rings is 2. The van der Waals surface area contributed by atoms with E-state index >= 15 is 0 Å². The monoisotopic (exact) mass is 244 g/mol. The molecule has 2 aromatic rings. The summed E-state index contributed by atoms with van der Waals surface area (Å²) in [6, 6.07) is 14.2. The average molecular weight is 244 g/mol. The van der Waals surface area contributed by atoms with E-state index in [9.17, 15) is 9.90 Å². The number of fused-ring (bicyclic) bond motifs is 1. The van der Waals surface area contributed by atoms with Gasteiger partial charge < -0.3 is 16.2 Å². The van der Waals surface area contributed by atoms with Crippen molar-refractivity contribution in [2.75, 3.05) is 6.54 Å². The minimum Gasteiger partial charge on any atom is -0.382 e. The summed E-state index contributed by atoms with van der Waals surface area (Å²) >= 11 is 0. The van der Waals surface area contributed by atoms with E-state index in [1.807, 2.05) is 24.3 Å². The second-order valence-electron chi connectivity index (χ2n) is 4.19. The zero-order chi connectivity index (χ0) is 13.0. The standard InChI is InChI=1S/C14H16N2O2/c15-14(18)13(17)9-16-8-11-6-3-5-10-4-1-2-7-12(10)11/h1-7,13,16-17H,8-9H2,(H2,15,18). The number of hydrogen-bond donors (Lipinski definition) is 3. The van der Waals surface area contributed by atoms with Crippen molar-refractivity contribution in [3.05, 3.63) is 48.0 Å². The average Bonchev–Trinajstić information content (AvgIpc) is 2.38. The van der Waals surface area contributed by atoms with Gasteiger partial charge in [-0.2, -0.15) is 0 Å². The van der Waals surface area contributed by atoms with Crippen LogP contribution in [-0.4, -0.2) is 23.7 Å². The molecule has 0 fully saturated rings. The fourth-order valence-corrected chi connectivity index (χ4v) is 1.89. The Hall–Kier alpha value is -1.91. The SMILES string of the molecule is NC(=O)C(O)CNCc1cccc2ccccc12. The minimum atomic E-state index is -1.14. The molecule has 2 rings (SSSR count). The van der Waals surface area contributed by atoms with Crippen LogP contribution in [0.15, 0.2) is 42.5 Å². The molecule has 0 aromatic heterocycles. The van der Waals surface area contributed by atoms with Gasteiger partial charge in [0.15, 0.2) is 0 Å². The molecule has 4 nitrogen and oxygen atoms in total. The van der Waals surface area contributed by atoms with Crippen LogP contribution in [0.1, 0.15) is 5.56 Å². The van der Waals surface area contributed by atoms with Crippen LogP contribution in [0, 0.1) is 0 Å². The zero-order valence-electron chi connectivity index (χ0n) is 9.97. The van der Waals surface area contributed by atoms with Gasteiger partial charge in [0.05, 0.1) is 0 Å². The lowest BCUT2D eigenvalue weighted by Crippen LogP contribution is -2.37. The number of primary amides is 1. The Bertz CT molecular complexity index is 549. The van der Waals surface area contributed by atoms with Gasteiger partial charge in [0, 0.05) is 13.1 Å². The molecule has 0 aliphatic rings. The second kappa shape index (κ2) is 5.62. The van der Waals surface area contributed by atoms with Crippen molar-refractivity contribution in [1.82, 2.24) is 5.32 Å². The summed E-state index contributed by atoms with van der Waals surface area (Å²) in [6.45, 7) is 0.754. The molecule has 94 valence electrons. The molecule has 1 amide bonds. The summed E-state index contributed by atoms with van der Waals surface area (Å²) in [4.78, 5) is 10.7. The first-order valence-electron chi connectivity index (χ1n) is 5.83. The highest BCUT2D eigenvalue weighted by atomic mass is 16.3. The van der Waals surface area contributed by atoms with Crippen molar-refractivity contribution in [3.63, 3.8) is 0 Å². The van der Waals surface area contributed by atoms with Crippen molar-refractivity contribution in [2.45, 2.75) is 12.6 Å². The number of aliphatic hydroxyl groups excluding tert-OH is 1. The molecule has 1 atom stereocenters. The summed E-state index contributed by atoms with van der Waals surface area (Å²) in [5.74, 6) is -0.708. The summed E-state index contributed by atoms with van der Waals surface area (Å²) in [7, 11) is 0. The lowest BCUT2D eigenvalue weighted by Gasteiger charge is -2.10. The Balaban J connectivity index is 2.06. The molecule has 0 bridgehead atoms. The highest BCUT2D eigenvalue weighted by Crippen LogP contribution is 2.18. The van der Waals surface area contributed by atoms with Crippen LogP contribution in [0.2, 0.25) is 0 Å². The summed E-state index contributed by atoms with van der Waals surface area (Å²) < 4.78 is 0. The van der Waals surface area contributed by atoms with Gasteiger partial charge in [-0.15, -0.1) is 0 Å². The quantitative estimate of drug-likeness (QED) is 0.727. The molecule has 2 aromatic carbocycles. The van der Waals surface area contributed by atoms with E-state index in [-0.39, 0.29) is 6.54 Å². The maximum absolute atomic E-state index is 10.7. The molecular formula is C14H16N2O2. The van der Waals surface area contributed by atoms with Gasteiger partial charge in [-0.1, -0.05) is 42.5 Å². The molecule has 0 saturated carbocycles. The van der Waals surface area contributed by atoms with E-state index < -0.39 is 12.0 Å². The van der Waals surface area contributed by atoms with Crippen molar-refractivity contribution < 1.29 is 9.90 Å². The van der Waals surface area contributed by atoms with Crippen LogP contribution in [-0.2, 0) is 11.3 Å². The van der Waals surface area contributed by atoms with Gasteiger partial charge in [-0.3, -0.25) is 4.79 Å². The third kappa shape index (κ3) is 2.85. The third-order valence-corrected chi connectivity index (χ3v) is 2.86. The van der Waals surface area contributed by atoms with Crippen LogP contribution in [0.4, 0.5) is 0 Å². The molecule has 18 heavy (non-hydrogen) atoms. The maximum atomic E-state index is 10.7. The number of nitrogens with two attached hydrogens (primary N) is 1. The van der Waals surface area contributed by atoms with Crippen LogP contribution >= 0.6 is 0 Å². The van der Waals surface area contributed by atoms with E-state index in [4.69, 9.17) is 5.73 Å². The maximum Gasteiger partial charge on any atom is 0.247 e. The number of nitrogens with one attached hydrogen (secondary N) is 1. The minimum absolute atomic E-state index is 0.165. The first-order valence-corrected chi connectivity index (χ1v) is 5.83.